The molecule has 146 valence electrons. The van der Waals surface area contributed by atoms with Crippen LogP contribution in [0.25, 0.3) is 10.4 Å². The van der Waals surface area contributed by atoms with E-state index >= 15 is 0 Å². The predicted molar refractivity (Wildman–Crippen MR) is 108 cm³/mol. The van der Waals surface area contributed by atoms with E-state index in [2.05, 4.69) is 5.32 Å². The van der Waals surface area contributed by atoms with Crippen LogP contribution < -0.4 is 5.32 Å². The zero-order chi connectivity index (χ0) is 20.5. The van der Waals surface area contributed by atoms with E-state index in [1.54, 1.807) is 18.2 Å². The fourth-order valence-corrected chi connectivity index (χ4v) is 4.62. The summed E-state index contributed by atoms with van der Waals surface area (Å²) in [7, 11) is -3.47. The Kier molecular flexibility index (Phi) is 5.53. The van der Waals surface area contributed by atoms with Crippen LogP contribution in [0.15, 0.2) is 53.4 Å². The first-order valence-corrected chi connectivity index (χ1v) is 10.9. The highest BCUT2D eigenvalue weighted by Crippen LogP contribution is 2.34. The van der Waals surface area contributed by atoms with Gasteiger partial charge in [0.2, 0.25) is 0 Å². The summed E-state index contributed by atoms with van der Waals surface area (Å²) in [5.74, 6) is -1.12. The number of hydrogen-bond donors (Lipinski definition) is 2. The Morgan fingerprint density at radius 1 is 1.14 bits per heavy atom. The Bertz CT molecular complexity index is 1140. The van der Waals surface area contributed by atoms with Crippen molar-refractivity contribution in [2.24, 2.45) is 0 Å². The summed E-state index contributed by atoms with van der Waals surface area (Å²) in [6.07, 6.45) is 0. The normalized spacial score (nSPS) is 11.4. The standard InChI is InChI=1S/C20H18FNO4S2/c1-3-28(25,26)15-8-9-17(23)16(11-15)22-20(24)18-10-12(2)19(27-18)13-4-6-14(21)7-5-13/h4-11,23H,3H2,1-2H3,(H,22,24). The number of carbonyl (C=O) groups is 1. The molecule has 5 nitrogen and oxygen atoms in total. The largest absolute Gasteiger partial charge is 0.506 e. The van der Waals surface area contributed by atoms with E-state index in [9.17, 15) is 22.7 Å². The van der Waals surface area contributed by atoms with Crippen molar-refractivity contribution in [1.82, 2.24) is 0 Å². The van der Waals surface area contributed by atoms with E-state index in [1.165, 1.54) is 48.6 Å². The van der Waals surface area contributed by atoms with Crippen molar-refractivity contribution >= 4 is 32.8 Å². The summed E-state index contributed by atoms with van der Waals surface area (Å²) < 4.78 is 37.2. The molecule has 0 saturated carbocycles. The molecule has 0 aliphatic heterocycles. The lowest BCUT2D eigenvalue weighted by Gasteiger charge is -2.09. The number of nitrogens with one attached hydrogen (secondary N) is 1. The maximum absolute atomic E-state index is 13.1. The monoisotopic (exact) mass is 419 g/mol. The topological polar surface area (TPSA) is 83.5 Å². The van der Waals surface area contributed by atoms with Crippen molar-refractivity contribution < 1.29 is 22.7 Å². The number of thiophene rings is 1. The van der Waals surface area contributed by atoms with Crippen LogP contribution in [0.3, 0.4) is 0 Å². The number of anilines is 1. The average Bonchev–Trinajstić information content (AvgIpc) is 3.06. The highest BCUT2D eigenvalue weighted by Gasteiger charge is 2.18. The highest BCUT2D eigenvalue weighted by molar-refractivity contribution is 7.91. The van der Waals surface area contributed by atoms with Crippen LogP contribution in [0, 0.1) is 12.7 Å². The molecule has 3 aromatic rings. The van der Waals surface area contributed by atoms with Gasteiger partial charge in [-0.25, -0.2) is 12.8 Å². The van der Waals surface area contributed by atoms with Crippen LogP contribution >= 0.6 is 11.3 Å². The second-order valence-electron chi connectivity index (χ2n) is 6.17. The summed E-state index contributed by atoms with van der Waals surface area (Å²) in [6, 6.07) is 11.5. The van der Waals surface area contributed by atoms with Gasteiger partial charge in [-0.2, -0.15) is 0 Å². The molecule has 1 heterocycles. The van der Waals surface area contributed by atoms with Crippen LogP contribution in [0.5, 0.6) is 5.75 Å². The number of sulfone groups is 1. The molecule has 0 fully saturated rings. The number of halogens is 1. The molecule has 8 heteroatoms. The maximum atomic E-state index is 13.1. The minimum absolute atomic E-state index is 0.0221. The van der Waals surface area contributed by atoms with Crippen molar-refractivity contribution in [3.8, 4) is 16.2 Å². The molecule has 2 N–H and O–H groups in total. The van der Waals surface area contributed by atoms with Gasteiger partial charge in [0.15, 0.2) is 9.84 Å². The van der Waals surface area contributed by atoms with Crippen molar-refractivity contribution in [2.75, 3.05) is 11.1 Å². The van der Waals surface area contributed by atoms with E-state index < -0.39 is 15.7 Å². The molecule has 0 saturated heterocycles. The summed E-state index contributed by atoms with van der Waals surface area (Å²) in [5, 5.41) is 12.6. The van der Waals surface area contributed by atoms with E-state index in [1.807, 2.05) is 6.92 Å². The second-order valence-corrected chi connectivity index (χ2v) is 9.50. The number of aromatic hydroxyl groups is 1. The van der Waals surface area contributed by atoms with Crippen LogP contribution in [-0.2, 0) is 9.84 Å². The van der Waals surface area contributed by atoms with Crippen molar-refractivity contribution in [1.29, 1.82) is 0 Å². The SMILES string of the molecule is CCS(=O)(=O)c1ccc(O)c(NC(=O)c2cc(C)c(-c3ccc(F)cc3)s2)c1. The molecule has 0 aliphatic carbocycles. The van der Waals surface area contributed by atoms with Crippen LogP contribution in [0.2, 0.25) is 0 Å². The number of amides is 1. The molecule has 0 bridgehead atoms. The zero-order valence-electron chi connectivity index (χ0n) is 15.2. The smallest absolute Gasteiger partial charge is 0.265 e. The first-order chi connectivity index (χ1) is 13.2. The van der Waals surface area contributed by atoms with Gasteiger partial charge in [0.25, 0.3) is 5.91 Å². The first-order valence-electron chi connectivity index (χ1n) is 8.44. The lowest BCUT2D eigenvalue weighted by atomic mass is 10.1. The third-order valence-corrected chi connectivity index (χ3v) is 7.22. The number of aryl methyl sites for hydroxylation is 1. The van der Waals surface area contributed by atoms with Gasteiger partial charge in [0.05, 0.1) is 21.2 Å². The number of carbonyl (C=O) groups excluding carboxylic acids is 1. The molecule has 2 aromatic carbocycles. The molecule has 0 unspecified atom stereocenters. The Hall–Kier alpha value is -2.71. The van der Waals surface area contributed by atoms with Gasteiger partial charge < -0.3 is 10.4 Å². The summed E-state index contributed by atoms with van der Waals surface area (Å²) in [4.78, 5) is 13.9. The molecule has 1 amide bonds. The maximum Gasteiger partial charge on any atom is 0.265 e. The van der Waals surface area contributed by atoms with Crippen molar-refractivity contribution in [2.45, 2.75) is 18.7 Å². The zero-order valence-corrected chi connectivity index (χ0v) is 16.8. The second kappa shape index (κ2) is 7.73. The highest BCUT2D eigenvalue weighted by atomic mass is 32.2. The quantitative estimate of drug-likeness (QED) is 0.592. The van der Waals surface area contributed by atoms with Gasteiger partial charge in [-0.05, 0) is 54.4 Å². The fraction of sp³-hybridized carbons (Fsp3) is 0.150. The van der Waals surface area contributed by atoms with Crippen molar-refractivity contribution in [3.63, 3.8) is 0 Å². The lowest BCUT2D eigenvalue weighted by molar-refractivity contribution is 0.103. The number of phenols is 1. The predicted octanol–water partition coefficient (Wildman–Crippen LogP) is 4.61. The fourth-order valence-electron chi connectivity index (χ4n) is 2.64. The van der Waals surface area contributed by atoms with Gasteiger partial charge in [-0.1, -0.05) is 19.1 Å². The third kappa shape index (κ3) is 4.07. The molecule has 28 heavy (non-hydrogen) atoms. The summed E-state index contributed by atoms with van der Waals surface area (Å²) in [5.41, 5.74) is 1.67. The van der Waals surface area contributed by atoms with Gasteiger partial charge >= 0.3 is 0 Å². The number of rotatable bonds is 5. The summed E-state index contributed by atoms with van der Waals surface area (Å²) in [6.45, 7) is 3.36. The molecule has 0 radical (unpaired) electrons. The number of phenolic OH excluding ortho intramolecular Hbond substituents is 1. The van der Waals surface area contributed by atoms with Crippen LogP contribution in [0.1, 0.15) is 22.2 Å². The number of benzene rings is 2. The third-order valence-electron chi connectivity index (χ3n) is 4.20. The Labute approximate surface area is 166 Å². The van der Waals surface area contributed by atoms with Crippen LogP contribution in [-0.4, -0.2) is 25.2 Å². The average molecular weight is 419 g/mol. The molecular weight excluding hydrogens is 401 g/mol. The van der Waals surface area contributed by atoms with Gasteiger partial charge in [-0.15, -0.1) is 11.3 Å². The van der Waals surface area contributed by atoms with E-state index in [-0.39, 0.29) is 27.9 Å². The van der Waals surface area contributed by atoms with Crippen LogP contribution in [0.4, 0.5) is 10.1 Å². The summed E-state index contributed by atoms with van der Waals surface area (Å²) >= 11 is 1.23. The van der Waals surface area contributed by atoms with Gasteiger partial charge in [0, 0.05) is 4.88 Å². The van der Waals surface area contributed by atoms with E-state index in [0.29, 0.717) is 4.88 Å². The van der Waals surface area contributed by atoms with E-state index in [0.717, 1.165) is 16.0 Å². The Balaban J connectivity index is 1.89. The first kappa shape index (κ1) is 20.0. The van der Waals surface area contributed by atoms with Crippen molar-refractivity contribution in [3.05, 3.63) is 64.8 Å². The molecular formula is C20H18FNO4S2. The minimum atomic E-state index is -3.47. The molecule has 0 atom stereocenters. The Morgan fingerprint density at radius 3 is 2.46 bits per heavy atom. The molecule has 0 aliphatic rings. The van der Waals surface area contributed by atoms with E-state index in [4.69, 9.17) is 0 Å². The lowest BCUT2D eigenvalue weighted by Crippen LogP contribution is -2.11. The van der Waals surface area contributed by atoms with Gasteiger partial charge in [0.1, 0.15) is 11.6 Å². The van der Waals surface area contributed by atoms with Gasteiger partial charge in [-0.3, -0.25) is 4.79 Å². The molecule has 0 spiro atoms. The Morgan fingerprint density at radius 2 is 1.82 bits per heavy atom. The minimum Gasteiger partial charge on any atom is -0.506 e. The molecule has 1 aromatic heterocycles. The molecule has 3 rings (SSSR count). The number of hydrogen-bond acceptors (Lipinski definition) is 5.